The molecule has 1 N–H and O–H groups in total. The van der Waals surface area contributed by atoms with Crippen molar-refractivity contribution in [2.45, 2.75) is 46.2 Å². The van der Waals surface area contributed by atoms with Gasteiger partial charge in [0.2, 0.25) is 0 Å². The van der Waals surface area contributed by atoms with Gasteiger partial charge in [-0.25, -0.2) is 4.98 Å². The van der Waals surface area contributed by atoms with Crippen LogP contribution in [-0.4, -0.2) is 37.8 Å². The first-order chi connectivity index (χ1) is 10.2. The van der Waals surface area contributed by atoms with Crippen molar-refractivity contribution in [2.75, 3.05) is 31.7 Å². The van der Waals surface area contributed by atoms with Gasteiger partial charge >= 0.3 is 0 Å². The van der Waals surface area contributed by atoms with Crippen LogP contribution in [-0.2, 0) is 11.3 Å². The molecule has 0 saturated carbocycles. The molecule has 0 aliphatic heterocycles. The lowest BCUT2D eigenvalue weighted by atomic mass is 10.1. The van der Waals surface area contributed by atoms with Gasteiger partial charge in [0.05, 0.1) is 11.6 Å². The van der Waals surface area contributed by atoms with Crippen LogP contribution in [0.2, 0.25) is 5.02 Å². The molecule has 21 heavy (non-hydrogen) atoms. The lowest BCUT2D eigenvalue weighted by Crippen LogP contribution is -2.37. The van der Waals surface area contributed by atoms with Gasteiger partial charge in [-0.15, -0.1) is 0 Å². The van der Waals surface area contributed by atoms with E-state index < -0.39 is 0 Å². The SMILES string of the molecule is CCNCc1cc(N(CCOC)C(CC)CC)ncc1Cl. The van der Waals surface area contributed by atoms with Crippen molar-refractivity contribution in [2.24, 2.45) is 0 Å². The van der Waals surface area contributed by atoms with Crippen LogP contribution in [0, 0.1) is 0 Å². The van der Waals surface area contributed by atoms with E-state index in [1.807, 2.05) is 0 Å². The molecule has 1 heterocycles. The second-order valence-corrected chi connectivity index (χ2v) is 5.48. The summed E-state index contributed by atoms with van der Waals surface area (Å²) in [4.78, 5) is 6.86. The first-order valence-electron chi connectivity index (χ1n) is 7.78. The average Bonchev–Trinajstić information content (AvgIpc) is 2.51. The Bertz CT molecular complexity index is 411. The quantitative estimate of drug-likeness (QED) is 0.717. The Morgan fingerprint density at radius 1 is 1.33 bits per heavy atom. The summed E-state index contributed by atoms with van der Waals surface area (Å²) in [6, 6.07) is 2.57. The summed E-state index contributed by atoms with van der Waals surface area (Å²) in [7, 11) is 1.73. The maximum absolute atomic E-state index is 6.24. The van der Waals surface area contributed by atoms with Crippen molar-refractivity contribution in [3.05, 3.63) is 22.8 Å². The molecule has 0 radical (unpaired) electrons. The van der Waals surface area contributed by atoms with Crippen molar-refractivity contribution in [3.63, 3.8) is 0 Å². The largest absolute Gasteiger partial charge is 0.383 e. The molecular formula is C16H28ClN3O. The Morgan fingerprint density at radius 2 is 2.05 bits per heavy atom. The predicted octanol–water partition coefficient (Wildman–Crippen LogP) is 3.49. The Hall–Kier alpha value is -0.840. The minimum atomic E-state index is 0.473. The number of halogens is 1. The molecule has 0 aliphatic rings. The lowest BCUT2D eigenvalue weighted by Gasteiger charge is -2.31. The van der Waals surface area contributed by atoms with Crippen LogP contribution in [0.15, 0.2) is 12.3 Å². The molecule has 0 spiro atoms. The Kier molecular flexibility index (Phi) is 8.66. The second kappa shape index (κ2) is 9.98. The lowest BCUT2D eigenvalue weighted by molar-refractivity contribution is 0.202. The fraction of sp³-hybridized carbons (Fsp3) is 0.688. The summed E-state index contributed by atoms with van der Waals surface area (Å²) in [5.41, 5.74) is 1.09. The molecule has 1 aromatic rings. The van der Waals surface area contributed by atoms with E-state index in [0.29, 0.717) is 12.6 Å². The molecule has 120 valence electrons. The number of rotatable bonds is 10. The van der Waals surface area contributed by atoms with Crippen LogP contribution in [0.5, 0.6) is 0 Å². The number of ether oxygens (including phenoxy) is 1. The molecule has 1 rings (SSSR count). The third-order valence-electron chi connectivity index (χ3n) is 3.70. The topological polar surface area (TPSA) is 37.4 Å². The number of nitrogens with one attached hydrogen (secondary N) is 1. The van der Waals surface area contributed by atoms with Crippen molar-refractivity contribution < 1.29 is 4.74 Å². The van der Waals surface area contributed by atoms with E-state index in [0.717, 1.165) is 48.9 Å². The van der Waals surface area contributed by atoms with Gasteiger partial charge in [-0.3, -0.25) is 0 Å². The monoisotopic (exact) mass is 313 g/mol. The molecule has 0 fully saturated rings. The van der Waals surface area contributed by atoms with Gasteiger partial charge in [0, 0.05) is 32.4 Å². The summed E-state index contributed by atoms with van der Waals surface area (Å²) in [6.07, 6.45) is 3.94. The van der Waals surface area contributed by atoms with E-state index in [4.69, 9.17) is 16.3 Å². The molecule has 4 nitrogen and oxygen atoms in total. The maximum Gasteiger partial charge on any atom is 0.129 e. The standard InChI is InChI=1S/C16H28ClN3O/c1-5-14(6-2)20(8-9-21-4)16-10-13(11-18-7-3)15(17)12-19-16/h10,12,14,18H,5-9,11H2,1-4H3. The zero-order chi connectivity index (χ0) is 15.7. The van der Waals surface area contributed by atoms with E-state index in [1.54, 1.807) is 13.3 Å². The van der Waals surface area contributed by atoms with Crippen molar-refractivity contribution in [3.8, 4) is 0 Å². The van der Waals surface area contributed by atoms with Gasteiger partial charge in [0.15, 0.2) is 0 Å². The van der Waals surface area contributed by atoms with Crippen LogP contribution < -0.4 is 10.2 Å². The number of hydrogen-bond acceptors (Lipinski definition) is 4. The van der Waals surface area contributed by atoms with Gasteiger partial charge in [0.1, 0.15) is 5.82 Å². The molecule has 1 aromatic heterocycles. The van der Waals surface area contributed by atoms with Crippen molar-refractivity contribution >= 4 is 17.4 Å². The van der Waals surface area contributed by atoms with Crippen LogP contribution >= 0.6 is 11.6 Å². The minimum Gasteiger partial charge on any atom is -0.383 e. The smallest absolute Gasteiger partial charge is 0.129 e. The number of methoxy groups -OCH3 is 1. The summed E-state index contributed by atoms with van der Waals surface area (Å²) >= 11 is 6.24. The van der Waals surface area contributed by atoms with E-state index >= 15 is 0 Å². The van der Waals surface area contributed by atoms with Gasteiger partial charge in [-0.05, 0) is 31.0 Å². The van der Waals surface area contributed by atoms with E-state index in [9.17, 15) is 0 Å². The van der Waals surface area contributed by atoms with Crippen LogP contribution in [0.1, 0.15) is 39.2 Å². The fourth-order valence-corrected chi connectivity index (χ4v) is 2.59. The first kappa shape index (κ1) is 18.2. The van der Waals surface area contributed by atoms with Crippen molar-refractivity contribution in [1.82, 2.24) is 10.3 Å². The summed E-state index contributed by atoms with van der Waals surface area (Å²) in [6.45, 7) is 9.75. The molecule has 5 heteroatoms. The first-order valence-corrected chi connectivity index (χ1v) is 8.16. The van der Waals surface area contributed by atoms with Gasteiger partial charge < -0.3 is 15.0 Å². The highest BCUT2D eigenvalue weighted by Gasteiger charge is 2.17. The number of nitrogens with zero attached hydrogens (tertiary/aromatic N) is 2. The summed E-state index contributed by atoms with van der Waals surface area (Å²) in [5.74, 6) is 0.984. The minimum absolute atomic E-state index is 0.473. The third kappa shape index (κ3) is 5.46. The normalized spacial score (nSPS) is 11.1. The van der Waals surface area contributed by atoms with E-state index in [-0.39, 0.29) is 0 Å². The number of pyridine rings is 1. The molecular weight excluding hydrogens is 286 g/mol. The number of aromatic nitrogens is 1. The predicted molar refractivity (Wildman–Crippen MR) is 90.2 cm³/mol. The fourth-order valence-electron chi connectivity index (χ4n) is 2.42. The third-order valence-corrected chi connectivity index (χ3v) is 4.04. The molecule has 0 unspecified atom stereocenters. The molecule has 0 aliphatic carbocycles. The highest BCUT2D eigenvalue weighted by molar-refractivity contribution is 6.31. The molecule has 0 bridgehead atoms. The highest BCUT2D eigenvalue weighted by Crippen LogP contribution is 2.23. The molecule has 0 atom stereocenters. The van der Waals surface area contributed by atoms with Gasteiger partial charge in [-0.2, -0.15) is 0 Å². The van der Waals surface area contributed by atoms with Gasteiger partial charge in [0.25, 0.3) is 0 Å². The van der Waals surface area contributed by atoms with E-state index in [1.165, 1.54) is 0 Å². The zero-order valence-corrected chi connectivity index (χ0v) is 14.4. The molecule has 0 amide bonds. The van der Waals surface area contributed by atoms with Crippen LogP contribution in [0.3, 0.4) is 0 Å². The highest BCUT2D eigenvalue weighted by atomic mass is 35.5. The Morgan fingerprint density at radius 3 is 2.62 bits per heavy atom. The van der Waals surface area contributed by atoms with E-state index in [2.05, 4.69) is 42.0 Å². The van der Waals surface area contributed by atoms with Crippen molar-refractivity contribution in [1.29, 1.82) is 0 Å². The summed E-state index contributed by atoms with van der Waals surface area (Å²) < 4.78 is 5.24. The van der Waals surface area contributed by atoms with Crippen LogP contribution in [0.4, 0.5) is 5.82 Å². The Labute approximate surface area is 133 Å². The van der Waals surface area contributed by atoms with Crippen LogP contribution in [0.25, 0.3) is 0 Å². The number of hydrogen-bond donors (Lipinski definition) is 1. The molecule has 0 saturated heterocycles. The Balaban J connectivity index is 2.99. The average molecular weight is 314 g/mol. The second-order valence-electron chi connectivity index (χ2n) is 5.07. The maximum atomic E-state index is 6.24. The number of anilines is 1. The zero-order valence-electron chi connectivity index (χ0n) is 13.7. The molecule has 0 aromatic carbocycles. The van der Waals surface area contributed by atoms with Gasteiger partial charge in [-0.1, -0.05) is 32.4 Å². The summed E-state index contributed by atoms with van der Waals surface area (Å²) in [5, 5.41) is 4.03.